The van der Waals surface area contributed by atoms with E-state index < -0.39 is 0 Å². The van der Waals surface area contributed by atoms with E-state index in [-0.39, 0.29) is 0 Å². The minimum absolute atomic E-state index is 0.398. The van der Waals surface area contributed by atoms with Crippen molar-refractivity contribution in [2.45, 2.75) is 33.3 Å². The van der Waals surface area contributed by atoms with Gasteiger partial charge in [-0.3, -0.25) is 0 Å². The van der Waals surface area contributed by atoms with E-state index in [1.54, 1.807) is 0 Å². The lowest BCUT2D eigenvalue weighted by atomic mass is 9.89. The highest BCUT2D eigenvalue weighted by Crippen LogP contribution is 2.26. The summed E-state index contributed by atoms with van der Waals surface area (Å²) >= 11 is 0. The molecule has 0 radical (unpaired) electrons. The Balaban J connectivity index is 2.46. The fourth-order valence-electron chi connectivity index (χ4n) is 1.43. The zero-order chi connectivity index (χ0) is 7.56. The third-order valence-corrected chi connectivity index (χ3v) is 2.44. The van der Waals surface area contributed by atoms with Crippen LogP contribution in [-0.2, 0) is 4.74 Å². The van der Waals surface area contributed by atoms with Crippen LogP contribution in [-0.4, -0.2) is 6.10 Å². The van der Waals surface area contributed by atoms with Crippen LogP contribution in [0.2, 0.25) is 0 Å². The Kier molecular flexibility index (Phi) is 2.36. The van der Waals surface area contributed by atoms with Crippen molar-refractivity contribution in [2.75, 3.05) is 0 Å². The van der Waals surface area contributed by atoms with Gasteiger partial charge in [0.05, 0.1) is 6.26 Å². The number of hydrogen-bond acceptors (Lipinski definition) is 1. The first-order chi connectivity index (χ1) is 4.75. The Morgan fingerprint density at radius 3 is 2.70 bits per heavy atom. The van der Waals surface area contributed by atoms with Crippen molar-refractivity contribution in [3.63, 3.8) is 0 Å². The van der Waals surface area contributed by atoms with Gasteiger partial charge in [-0.1, -0.05) is 20.3 Å². The molecule has 0 fully saturated rings. The molecule has 1 heteroatoms. The standard InChI is InChI=1S/C9H16O/c1-4-7(2)9-5-6-10-8(9)3/h5-9H,4H2,1-3H3. The lowest BCUT2D eigenvalue weighted by Gasteiger charge is -2.19. The molecule has 1 heterocycles. The van der Waals surface area contributed by atoms with E-state index >= 15 is 0 Å². The second kappa shape index (κ2) is 3.09. The van der Waals surface area contributed by atoms with Crippen molar-refractivity contribution in [1.82, 2.24) is 0 Å². The minimum Gasteiger partial charge on any atom is -0.498 e. The Bertz CT molecular complexity index is 129. The predicted molar refractivity (Wildman–Crippen MR) is 42.6 cm³/mol. The highest BCUT2D eigenvalue weighted by atomic mass is 16.5. The molecule has 3 atom stereocenters. The highest BCUT2D eigenvalue weighted by Gasteiger charge is 2.24. The average Bonchev–Trinajstić information content (AvgIpc) is 2.34. The fourth-order valence-corrected chi connectivity index (χ4v) is 1.43. The van der Waals surface area contributed by atoms with Gasteiger partial charge in [0.25, 0.3) is 0 Å². The molecule has 1 rings (SSSR count). The molecule has 1 aliphatic rings. The maximum Gasteiger partial charge on any atom is 0.102 e. The first kappa shape index (κ1) is 7.64. The van der Waals surface area contributed by atoms with Crippen molar-refractivity contribution >= 4 is 0 Å². The van der Waals surface area contributed by atoms with Gasteiger partial charge in [-0.25, -0.2) is 0 Å². The van der Waals surface area contributed by atoms with Crippen molar-refractivity contribution in [1.29, 1.82) is 0 Å². The van der Waals surface area contributed by atoms with E-state index in [0.29, 0.717) is 12.0 Å². The molecule has 1 aliphatic heterocycles. The summed E-state index contributed by atoms with van der Waals surface area (Å²) < 4.78 is 5.31. The molecule has 0 spiro atoms. The summed E-state index contributed by atoms with van der Waals surface area (Å²) in [5.41, 5.74) is 0. The molecule has 0 aliphatic carbocycles. The van der Waals surface area contributed by atoms with E-state index in [1.807, 2.05) is 6.26 Å². The molecule has 0 bridgehead atoms. The Morgan fingerprint density at radius 1 is 1.60 bits per heavy atom. The Hall–Kier alpha value is -0.460. The van der Waals surface area contributed by atoms with Gasteiger partial charge in [-0.2, -0.15) is 0 Å². The van der Waals surface area contributed by atoms with Gasteiger partial charge in [0.2, 0.25) is 0 Å². The van der Waals surface area contributed by atoms with Crippen LogP contribution in [0.25, 0.3) is 0 Å². The van der Waals surface area contributed by atoms with Crippen LogP contribution in [0.15, 0.2) is 12.3 Å². The van der Waals surface area contributed by atoms with Crippen LogP contribution < -0.4 is 0 Å². The molecule has 0 N–H and O–H groups in total. The molecule has 0 aromatic rings. The largest absolute Gasteiger partial charge is 0.498 e. The topological polar surface area (TPSA) is 9.23 Å². The summed E-state index contributed by atoms with van der Waals surface area (Å²) in [7, 11) is 0. The van der Waals surface area contributed by atoms with Crippen LogP contribution in [0.5, 0.6) is 0 Å². The summed E-state index contributed by atoms with van der Waals surface area (Å²) in [5, 5.41) is 0. The Labute approximate surface area is 63.1 Å². The van der Waals surface area contributed by atoms with Crippen LogP contribution in [0.4, 0.5) is 0 Å². The highest BCUT2D eigenvalue weighted by molar-refractivity contribution is 4.95. The van der Waals surface area contributed by atoms with Crippen molar-refractivity contribution in [3.05, 3.63) is 12.3 Å². The van der Waals surface area contributed by atoms with Gasteiger partial charge in [0.15, 0.2) is 0 Å². The number of rotatable bonds is 2. The number of hydrogen-bond donors (Lipinski definition) is 0. The second-order valence-electron chi connectivity index (χ2n) is 3.13. The summed E-state index contributed by atoms with van der Waals surface area (Å²) in [6.45, 7) is 6.64. The zero-order valence-corrected chi connectivity index (χ0v) is 7.00. The molecule has 0 aromatic carbocycles. The lowest BCUT2D eigenvalue weighted by Crippen LogP contribution is -2.18. The third-order valence-electron chi connectivity index (χ3n) is 2.44. The van der Waals surface area contributed by atoms with E-state index in [0.717, 1.165) is 5.92 Å². The van der Waals surface area contributed by atoms with E-state index in [2.05, 4.69) is 26.8 Å². The molecule has 0 saturated carbocycles. The molecule has 10 heavy (non-hydrogen) atoms. The molecule has 0 aromatic heterocycles. The van der Waals surface area contributed by atoms with Crippen molar-refractivity contribution < 1.29 is 4.74 Å². The maximum atomic E-state index is 5.31. The Morgan fingerprint density at radius 2 is 2.30 bits per heavy atom. The van der Waals surface area contributed by atoms with Crippen molar-refractivity contribution in [3.8, 4) is 0 Å². The smallest absolute Gasteiger partial charge is 0.102 e. The fraction of sp³-hybridized carbons (Fsp3) is 0.778. The van der Waals surface area contributed by atoms with Crippen molar-refractivity contribution in [2.24, 2.45) is 11.8 Å². The number of ether oxygens (including phenoxy) is 1. The monoisotopic (exact) mass is 140 g/mol. The molecule has 0 saturated heterocycles. The SMILES string of the molecule is CCC(C)C1C=COC1C. The third kappa shape index (κ3) is 1.34. The molecule has 3 unspecified atom stereocenters. The maximum absolute atomic E-state index is 5.31. The summed E-state index contributed by atoms with van der Waals surface area (Å²) in [4.78, 5) is 0. The lowest BCUT2D eigenvalue weighted by molar-refractivity contribution is 0.128. The van der Waals surface area contributed by atoms with Crippen LogP contribution in [0, 0.1) is 11.8 Å². The summed E-state index contributed by atoms with van der Waals surface area (Å²) in [6, 6.07) is 0. The van der Waals surface area contributed by atoms with E-state index in [4.69, 9.17) is 4.74 Å². The van der Waals surface area contributed by atoms with Crippen LogP contribution in [0.1, 0.15) is 27.2 Å². The van der Waals surface area contributed by atoms with Gasteiger partial charge >= 0.3 is 0 Å². The molecule has 1 nitrogen and oxygen atoms in total. The minimum atomic E-state index is 0.398. The van der Waals surface area contributed by atoms with Crippen LogP contribution in [0.3, 0.4) is 0 Å². The molecule has 58 valence electrons. The quantitative estimate of drug-likeness (QED) is 0.573. The molecular formula is C9H16O. The zero-order valence-electron chi connectivity index (χ0n) is 7.00. The van der Waals surface area contributed by atoms with Gasteiger partial charge < -0.3 is 4.74 Å². The average molecular weight is 140 g/mol. The van der Waals surface area contributed by atoms with E-state index in [1.165, 1.54) is 6.42 Å². The van der Waals surface area contributed by atoms with Gasteiger partial charge in [0, 0.05) is 5.92 Å². The summed E-state index contributed by atoms with van der Waals surface area (Å²) in [5.74, 6) is 1.40. The van der Waals surface area contributed by atoms with Gasteiger partial charge in [0.1, 0.15) is 6.10 Å². The predicted octanol–water partition coefficient (Wildman–Crippen LogP) is 2.58. The summed E-state index contributed by atoms with van der Waals surface area (Å²) in [6.07, 6.45) is 5.65. The second-order valence-corrected chi connectivity index (χ2v) is 3.13. The first-order valence-electron chi connectivity index (χ1n) is 4.07. The van der Waals surface area contributed by atoms with Gasteiger partial charge in [-0.05, 0) is 18.9 Å². The molecule has 0 amide bonds. The van der Waals surface area contributed by atoms with Gasteiger partial charge in [-0.15, -0.1) is 0 Å². The van der Waals surface area contributed by atoms with E-state index in [9.17, 15) is 0 Å². The first-order valence-corrected chi connectivity index (χ1v) is 4.07. The van der Waals surface area contributed by atoms with Crippen LogP contribution >= 0.6 is 0 Å². The normalized spacial score (nSPS) is 33.9. The molecular weight excluding hydrogens is 124 g/mol.